The maximum Gasteiger partial charge on any atom is 0.140 e. The van der Waals surface area contributed by atoms with E-state index in [1.165, 1.54) is 4.88 Å². The van der Waals surface area contributed by atoms with Crippen molar-refractivity contribution in [2.24, 2.45) is 0 Å². The molecule has 0 bridgehead atoms. The molecule has 0 aliphatic heterocycles. The highest BCUT2D eigenvalue weighted by Gasteiger charge is 2.14. The van der Waals surface area contributed by atoms with Gasteiger partial charge >= 0.3 is 0 Å². The molecule has 0 unspecified atom stereocenters. The van der Waals surface area contributed by atoms with E-state index in [0.29, 0.717) is 5.02 Å². The zero-order valence-electron chi connectivity index (χ0n) is 9.46. The van der Waals surface area contributed by atoms with Crippen LogP contribution in [0, 0.1) is 0 Å². The van der Waals surface area contributed by atoms with Crippen molar-refractivity contribution in [1.29, 1.82) is 0 Å². The fraction of sp³-hybridized carbons (Fsp3) is 0.250. The topological polar surface area (TPSA) is 49.4 Å². The molecule has 1 aromatic heterocycles. The van der Waals surface area contributed by atoms with Crippen LogP contribution in [0.15, 0.2) is 12.1 Å². The highest BCUT2D eigenvalue weighted by Crippen LogP contribution is 2.42. The molecule has 1 aromatic carbocycles. The lowest BCUT2D eigenvalue weighted by Crippen LogP contribution is -2.29. The quantitative estimate of drug-likeness (QED) is 0.872. The Bertz CT molecular complexity index is 607. The molecule has 0 aliphatic rings. The largest absolute Gasteiger partial charge is 0.546 e. The Hall–Kier alpha value is -0.970. The van der Waals surface area contributed by atoms with E-state index in [9.17, 15) is 9.90 Å². The van der Waals surface area contributed by atoms with Gasteiger partial charge in [0.1, 0.15) is 17.4 Å². The van der Waals surface area contributed by atoms with Crippen molar-refractivity contribution < 1.29 is 14.6 Å². The van der Waals surface area contributed by atoms with Crippen molar-refractivity contribution in [2.75, 3.05) is 6.61 Å². The summed E-state index contributed by atoms with van der Waals surface area (Å²) in [7, 11) is 0. The second-order valence-corrected chi connectivity index (χ2v) is 5.54. The summed E-state index contributed by atoms with van der Waals surface area (Å²) in [5.74, 6) is -1.04. The highest BCUT2D eigenvalue weighted by molar-refractivity contribution is 7.19. The lowest BCUT2D eigenvalue weighted by molar-refractivity contribution is -0.307. The smallest absolute Gasteiger partial charge is 0.140 e. The van der Waals surface area contributed by atoms with Crippen LogP contribution in [0.5, 0.6) is 5.75 Å². The number of hydrogen-bond donors (Lipinski definition) is 0. The third-order valence-corrected chi connectivity index (χ3v) is 4.68. The second kappa shape index (κ2) is 5.34. The first-order valence-corrected chi connectivity index (χ1v) is 6.83. The van der Waals surface area contributed by atoms with E-state index in [0.717, 1.165) is 16.5 Å². The predicted octanol–water partition coefficient (Wildman–Crippen LogP) is 2.90. The van der Waals surface area contributed by atoms with Crippen molar-refractivity contribution in [1.82, 2.24) is 0 Å². The molecule has 96 valence electrons. The molecule has 2 aromatic rings. The number of aliphatic carboxylic acids is 1. The van der Waals surface area contributed by atoms with Crippen LogP contribution in [-0.4, -0.2) is 12.6 Å². The number of thiophene rings is 1. The fourth-order valence-electron chi connectivity index (χ4n) is 1.57. The van der Waals surface area contributed by atoms with Crippen molar-refractivity contribution in [2.45, 2.75) is 13.3 Å². The van der Waals surface area contributed by atoms with Crippen molar-refractivity contribution in [3.8, 4) is 5.75 Å². The molecule has 0 aliphatic carbocycles. The van der Waals surface area contributed by atoms with Crippen LogP contribution in [0.2, 0.25) is 10.0 Å². The van der Waals surface area contributed by atoms with Crippen LogP contribution in [0.3, 0.4) is 0 Å². The third-order valence-electron chi connectivity index (χ3n) is 2.40. The van der Waals surface area contributed by atoms with Crippen molar-refractivity contribution >= 4 is 50.6 Å². The van der Waals surface area contributed by atoms with E-state index < -0.39 is 12.6 Å². The van der Waals surface area contributed by atoms with Gasteiger partial charge in [-0.05, 0) is 23.9 Å². The van der Waals surface area contributed by atoms with E-state index in [2.05, 4.69) is 0 Å². The Morgan fingerprint density at radius 1 is 1.39 bits per heavy atom. The number of carboxylic acids is 1. The van der Waals surface area contributed by atoms with Gasteiger partial charge < -0.3 is 14.6 Å². The summed E-state index contributed by atoms with van der Waals surface area (Å²) in [4.78, 5) is 11.6. The van der Waals surface area contributed by atoms with E-state index in [1.54, 1.807) is 17.4 Å². The second-order valence-electron chi connectivity index (χ2n) is 3.65. The summed E-state index contributed by atoms with van der Waals surface area (Å²) in [6.45, 7) is 1.50. The molecule has 2 rings (SSSR count). The summed E-state index contributed by atoms with van der Waals surface area (Å²) >= 11 is 13.8. The lowest BCUT2D eigenvalue weighted by atomic mass is 10.2. The van der Waals surface area contributed by atoms with Crippen LogP contribution in [0.25, 0.3) is 10.1 Å². The highest BCUT2D eigenvalue weighted by atomic mass is 35.5. The van der Waals surface area contributed by atoms with Gasteiger partial charge in [-0.25, -0.2) is 0 Å². The minimum absolute atomic E-state index is 0.231. The number of ether oxygens (including phenoxy) is 1. The Labute approximate surface area is 118 Å². The number of halogens is 2. The van der Waals surface area contributed by atoms with Gasteiger partial charge in [-0.3, -0.25) is 0 Å². The average Bonchev–Trinajstić information content (AvgIpc) is 2.75. The first kappa shape index (κ1) is 13.5. The molecular formula is C12H9Cl2O3S-. The summed E-state index contributed by atoms with van der Waals surface area (Å²) in [6, 6.07) is 3.69. The van der Waals surface area contributed by atoms with E-state index in [-0.39, 0.29) is 10.8 Å². The number of aryl methyl sites for hydroxylation is 1. The number of carbonyl (C=O) groups excluding carboxylic acids is 1. The van der Waals surface area contributed by atoms with Gasteiger partial charge in [0, 0.05) is 4.88 Å². The summed E-state index contributed by atoms with van der Waals surface area (Å²) in [6.07, 6.45) is 0.905. The first-order valence-electron chi connectivity index (χ1n) is 5.26. The number of rotatable bonds is 4. The van der Waals surface area contributed by atoms with Crippen LogP contribution in [0.1, 0.15) is 11.8 Å². The summed E-state index contributed by atoms with van der Waals surface area (Å²) < 4.78 is 5.94. The fourth-order valence-corrected chi connectivity index (χ4v) is 3.16. The van der Waals surface area contributed by atoms with Gasteiger partial charge in [-0.1, -0.05) is 30.1 Å². The van der Waals surface area contributed by atoms with Crippen LogP contribution in [-0.2, 0) is 11.2 Å². The average molecular weight is 304 g/mol. The Kier molecular flexibility index (Phi) is 4.00. The molecule has 0 radical (unpaired) electrons. The maximum atomic E-state index is 10.4. The number of carboxylic acid groups (broad SMARTS) is 1. The van der Waals surface area contributed by atoms with Gasteiger partial charge in [0.2, 0.25) is 0 Å². The molecule has 0 atom stereocenters. The van der Waals surface area contributed by atoms with Gasteiger partial charge in [0.15, 0.2) is 0 Å². The van der Waals surface area contributed by atoms with Gasteiger partial charge in [0.05, 0.1) is 15.7 Å². The minimum atomic E-state index is -1.30. The molecule has 6 heteroatoms. The van der Waals surface area contributed by atoms with Crippen molar-refractivity contribution in [3.05, 3.63) is 27.1 Å². The predicted molar refractivity (Wildman–Crippen MR) is 71.7 cm³/mol. The number of fused-ring (bicyclic) bond motifs is 1. The van der Waals surface area contributed by atoms with Gasteiger partial charge in [-0.15, -0.1) is 11.3 Å². The molecule has 0 fully saturated rings. The standard InChI is InChI=1S/C12H10Cl2O3S/c1-2-7-3-6-4-8(17-5-9(15)16)10(13)11(14)12(6)18-7/h3-4H,2,5H2,1H3,(H,15,16)/p-1. The molecule has 0 saturated heterocycles. The SMILES string of the molecule is CCc1cc2cc(OCC(=O)[O-])c(Cl)c(Cl)c2s1. The zero-order valence-corrected chi connectivity index (χ0v) is 11.8. The Balaban J connectivity index is 2.48. The summed E-state index contributed by atoms with van der Waals surface area (Å²) in [5.41, 5.74) is 0. The molecule has 1 heterocycles. The van der Waals surface area contributed by atoms with E-state index in [1.807, 2.05) is 13.0 Å². The van der Waals surface area contributed by atoms with E-state index >= 15 is 0 Å². The van der Waals surface area contributed by atoms with Crippen LogP contribution >= 0.6 is 34.5 Å². The van der Waals surface area contributed by atoms with Gasteiger partial charge in [0.25, 0.3) is 0 Å². The number of carbonyl (C=O) groups is 1. The van der Waals surface area contributed by atoms with Gasteiger partial charge in [-0.2, -0.15) is 0 Å². The molecule has 3 nitrogen and oxygen atoms in total. The number of hydrogen-bond acceptors (Lipinski definition) is 4. The molecule has 0 spiro atoms. The third kappa shape index (κ3) is 2.55. The first-order chi connectivity index (χ1) is 8.52. The van der Waals surface area contributed by atoms with Crippen LogP contribution in [0.4, 0.5) is 0 Å². The lowest BCUT2D eigenvalue weighted by Gasteiger charge is -2.10. The van der Waals surface area contributed by atoms with Crippen molar-refractivity contribution in [3.63, 3.8) is 0 Å². The zero-order chi connectivity index (χ0) is 13.3. The molecule has 0 N–H and O–H groups in total. The monoisotopic (exact) mass is 303 g/mol. The molecular weight excluding hydrogens is 295 g/mol. The normalized spacial score (nSPS) is 10.8. The van der Waals surface area contributed by atoms with E-state index in [4.69, 9.17) is 27.9 Å². The molecule has 18 heavy (non-hydrogen) atoms. The Morgan fingerprint density at radius 3 is 2.72 bits per heavy atom. The molecule has 0 amide bonds. The van der Waals surface area contributed by atoms with Crippen LogP contribution < -0.4 is 9.84 Å². The molecule has 0 saturated carbocycles. The number of benzene rings is 1. The Morgan fingerprint density at radius 2 is 2.11 bits per heavy atom. The summed E-state index contributed by atoms with van der Waals surface area (Å²) in [5, 5.41) is 11.9. The maximum absolute atomic E-state index is 10.4. The minimum Gasteiger partial charge on any atom is -0.546 e.